The number of ether oxygens (including phenoxy) is 1. The number of pyridine rings is 1. The normalized spacial score (nSPS) is 9.62. The van der Waals surface area contributed by atoms with Crippen LogP contribution in [-0.4, -0.2) is 23.8 Å². The molecule has 0 aromatic carbocycles. The zero-order valence-corrected chi connectivity index (χ0v) is 8.21. The van der Waals surface area contributed by atoms with Gasteiger partial charge in [0.1, 0.15) is 0 Å². The van der Waals surface area contributed by atoms with E-state index in [0.717, 1.165) is 10.6 Å². The predicted octanol–water partition coefficient (Wildman–Crippen LogP) is 1.74. The standard InChI is InChI=1S/C9H11NO2S/c1-12-9(11)4-7-13-8-2-5-10-6-3-8/h2-3,5-6H,4,7H2,1H3. The molecule has 1 aromatic heterocycles. The van der Waals surface area contributed by atoms with Crippen molar-refractivity contribution < 1.29 is 9.53 Å². The molecule has 0 radical (unpaired) electrons. The Morgan fingerprint density at radius 1 is 1.54 bits per heavy atom. The molecular weight excluding hydrogens is 186 g/mol. The number of carbonyl (C=O) groups excluding carboxylic acids is 1. The minimum absolute atomic E-state index is 0.165. The van der Waals surface area contributed by atoms with E-state index in [9.17, 15) is 4.79 Å². The van der Waals surface area contributed by atoms with E-state index in [1.165, 1.54) is 7.11 Å². The Hall–Kier alpha value is -1.03. The topological polar surface area (TPSA) is 39.2 Å². The second kappa shape index (κ2) is 5.59. The van der Waals surface area contributed by atoms with Gasteiger partial charge in [0, 0.05) is 23.0 Å². The highest BCUT2D eigenvalue weighted by atomic mass is 32.2. The minimum Gasteiger partial charge on any atom is -0.469 e. The van der Waals surface area contributed by atoms with E-state index in [1.54, 1.807) is 24.2 Å². The number of nitrogens with zero attached hydrogens (tertiary/aromatic N) is 1. The summed E-state index contributed by atoms with van der Waals surface area (Å²) in [5, 5.41) is 0. The average molecular weight is 197 g/mol. The molecule has 0 aliphatic rings. The number of carbonyl (C=O) groups is 1. The molecule has 0 N–H and O–H groups in total. The molecule has 0 bridgehead atoms. The number of hydrogen-bond acceptors (Lipinski definition) is 4. The fraction of sp³-hybridized carbons (Fsp3) is 0.333. The SMILES string of the molecule is COC(=O)CCSc1ccncc1. The number of esters is 1. The van der Waals surface area contributed by atoms with Crippen LogP contribution in [0.1, 0.15) is 6.42 Å². The van der Waals surface area contributed by atoms with Crippen molar-refractivity contribution in [3.63, 3.8) is 0 Å². The summed E-state index contributed by atoms with van der Waals surface area (Å²) in [4.78, 5) is 15.8. The first kappa shape index (κ1) is 10.1. The third kappa shape index (κ3) is 3.94. The average Bonchev–Trinajstić information content (AvgIpc) is 2.19. The maximum atomic E-state index is 10.8. The molecule has 1 aromatic rings. The van der Waals surface area contributed by atoms with Crippen molar-refractivity contribution in [2.75, 3.05) is 12.9 Å². The molecule has 0 aliphatic carbocycles. The van der Waals surface area contributed by atoms with Gasteiger partial charge in [0.2, 0.25) is 0 Å². The molecule has 3 nitrogen and oxygen atoms in total. The highest BCUT2D eigenvalue weighted by Crippen LogP contribution is 2.16. The minimum atomic E-state index is -0.165. The molecule has 0 spiro atoms. The fourth-order valence-electron chi connectivity index (χ4n) is 0.789. The number of rotatable bonds is 4. The van der Waals surface area contributed by atoms with E-state index < -0.39 is 0 Å². The van der Waals surface area contributed by atoms with Crippen LogP contribution in [0.4, 0.5) is 0 Å². The summed E-state index contributed by atoms with van der Waals surface area (Å²) in [5.74, 6) is 0.581. The largest absolute Gasteiger partial charge is 0.469 e. The van der Waals surface area contributed by atoms with E-state index in [2.05, 4.69) is 9.72 Å². The second-order valence-corrected chi connectivity index (χ2v) is 3.53. The van der Waals surface area contributed by atoms with Gasteiger partial charge in [-0.25, -0.2) is 0 Å². The Balaban J connectivity index is 2.24. The van der Waals surface area contributed by atoms with Crippen molar-refractivity contribution in [2.24, 2.45) is 0 Å². The van der Waals surface area contributed by atoms with Gasteiger partial charge in [-0.1, -0.05) is 0 Å². The van der Waals surface area contributed by atoms with Crippen LogP contribution < -0.4 is 0 Å². The number of methoxy groups -OCH3 is 1. The monoisotopic (exact) mass is 197 g/mol. The molecule has 0 unspecified atom stereocenters. The third-order valence-corrected chi connectivity index (χ3v) is 2.47. The van der Waals surface area contributed by atoms with Crippen molar-refractivity contribution >= 4 is 17.7 Å². The van der Waals surface area contributed by atoms with Gasteiger partial charge in [-0.15, -0.1) is 11.8 Å². The van der Waals surface area contributed by atoms with Crippen LogP contribution in [-0.2, 0) is 9.53 Å². The molecule has 0 atom stereocenters. The van der Waals surface area contributed by atoms with Crippen molar-refractivity contribution in [1.29, 1.82) is 0 Å². The van der Waals surface area contributed by atoms with Crippen molar-refractivity contribution in [2.45, 2.75) is 11.3 Å². The molecule has 4 heteroatoms. The van der Waals surface area contributed by atoms with Crippen LogP contribution >= 0.6 is 11.8 Å². The van der Waals surface area contributed by atoms with Crippen LogP contribution in [0.3, 0.4) is 0 Å². The summed E-state index contributed by atoms with van der Waals surface area (Å²) in [6.07, 6.45) is 3.92. The molecule has 0 amide bonds. The molecule has 70 valence electrons. The highest BCUT2D eigenvalue weighted by molar-refractivity contribution is 7.99. The summed E-state index contributed by atoms with van der Waals surface area (Å²) in [6, 6.07) is 3.84. The summed E-state index contributed by atoms with van der Waals surface area (Å²) >= 11 is 1.62. The first-order chi connectivity index (χ1) is 6.33. The first-order valence-corrected chi connectivity index (χ1v) is 4.91. The van der Waals surface area contributed by atoms with Crippen LogP contribution in [0, 0.1) is 0 Å². The van der Waals surface area contributed by atoms with Gasteiger partial charge >= 0.3 is 5.97 Å². The number of hydrogen-bond donors (Lipinski definition) is 0. The van der Waals surface area contributed by atoms with Crippen LogP contribution in [0.15, 0.2) is 29.4 Å². The lowest BCUT2D eigenvalue weighted by molar-refractivity contribution is -0.140. The molecule has 0 saturated heterocycles. The molecule has 1 rings (SSSR count). The van der Waals surface area contributed by atoms with Gasteiger partial charge in [0.15, 0.2) is 0 Å². The molecule has 0 saturated carbocycles. The van der Waals surface area contributed by atoms with Crippen molar-refractivity contribution in [3.05, 3.63) is 24.5 Å². The van der Waals surface area contributed by atoms with Gasteiger partial charge in [0.25, 0.3) is 0 Å². The van der Waals surface area contributed by atoms with Crippen LogP contribution in [0.5, 0.6) is 0 Å². The Morgan fingerprint density at radius 3 is 2.85 bits per heavy atom. The Morgan fingerprint density at radius 2 is 2.23 bits per heavy atom. The second-order valence-electron chi connectivity index (χ2n) is 2.36. The third-order valence-electron chi connectivity index (χ3n) is 1.45. The first-order valence-electron chi connectivity index (χ1n) is 3.92. The quantitative estimate of drug-likeness (QED) is 0.544. The van der Waals surface area contributed by atoms with Gasteiger partial charge in [-0.3, -0.25) is 9.78 Å². The zero-order chi connectivity index (χ0) is 9.52. The summed E-state index contributed by atoms with van der Waals surface area (Å²) < 4.78 is 4.52. The molecule has 0 fully saturated rings. The summed E-state index contributed by atoms with van der Waals surface area (Å²) in [7, 11) is 1.40. The maximum absolute atomic E-state index is 10.8. The molecule has 0 aliphatic heterocycles. The van der Waals surface area contributed by atoms with Crippen molar-refractivity contribution in [1.82, 2.24) is 4.98 Å². The summed E-state index contributed by atoms with van der Waals surface area (Å²) in [6.45, 7) is 0. The Kier molecular flexibility index (Phi) is 4.32. The number of aromatic nitrogens is 1. The predicted molar refractivity (Wildman–Crippen MR) is 51.6 cm³/mol. The number of thioether (sulfide) groups is 1. The lowest BCUT2D eigenvalue weighted by atomic mass is 10.5. The lowest BCUT2D eigenvalue weighted by Crippen LogP contribution is -2.00. The van der Waals surface area contributed by atoms with E-state index in [4.69, 9.17) is 0 Å². The van der Waals surface area contributed by atoms with E-state index in [-0.39, 0.29) is 5.97 Å². The van der Waals surface area contributed by atoms with Gasteiger partial charge < -0.3 is 4.74 Å². The molecule has 1 heterocycles. The fourth-order valence-corrected chi connectivity index (χ4v) is 1.61. The van der Waals surface area contributed by atoms with E-state index >= 15 is 0 Å². The maximum Gasteiger partial charge on any atom is 0.306 e. The van der Waals surface area contributed by atoms with Crippen LogP contribution in [0.25, 0.3) is 0 Å². The van der Waals surface area contributed by atoms with Gasteiger partial charge in [-0.2, -0.15) is 0 Å². The Bertz CT molecular complexity index is 264. The zero-order valence-electron chi connectivity index (χ0n) is 7.40. The molecular formula is C9H11NO2S. The highest BCUT2D eigenvalue weighted by Gasteiger charge is 1.99. The smallest absolute Gasteiger partial charge is 0.306 e. The van der Waals surface area contributed by atoms with E-state index in [0.29, 0.717) is 6.42 Å². The summed E-state index contributed by atoms with van der Waals surface area (Å²) in [5.41, 5.74) is 0. The lowest BCUT2D eigenvalue weighted by Gasteiger charge is -1.99. The van der Waals surface area contributed by atoms with Crippen molar-refractivity contribution in [3.8, 4) is 0 Å². The van der Waals surface area contributed by atoms with Gasteiger partial charge in [0.05, 0.1) is 13.5 Å². The molecule has 13 heavy (non-hydrogen) atoms. The van der Waals surface area contributed by atoms with Gasteiger partial charge in [-0.05, 0) is 12.1 Å². The Labute approximate surface area is 81.5 Å². The van der Waals surface area contributed by atoms with E-state index in [1.807, 2.05) is 12.1 Å². The van der Waals surface area contributed by atoms with Crippen LogP contribution in [0.2, 0.25) is 0 Å².